The van der Waals surface area contributed by atoms with E-state index in [1.54, 1.807) is 13.8 Å². The molecule has 2 aromatic heterocycles. The van der Waals surface area contributed by atoms with Gasteiger partial charge in [-0.05, 0) is 38.5 Å². The Morgan fingerprint density at radius 3 is 2.31 bits per heavy atom. The molecule has 0 fully saturated rings. The molecular formula is C22H18F4N2O6S. The maximum Gasteiger partial charge on any atom is 0.341 e. The molecule has 0 aliphatic heterocycles. The maximum absolute atomic E-state index is 13.7. The minimum atomic E-state index is -1.73. The first-order chi connectivity index (χ1) is 16.4. The number of amides is 2. The molecule has 186 valence electrons. The van der Waals surface area contributed by atoms with Crippen LogP contribution in [-0.4, -0.2) is 23.9 Å². The van der Waals surface area contributed by atoms with Gasteiger partial charge in [-0.3, -0.25) is 9.59 Å². The number of primary amides is 1. The highest BCUT2D eigenvalue weighted by molar-refractivity contribution is 7.18. The number of anilines is 1. The number of halogens is 4. The Bertz CT molecular complexity index is 1290. The molecule has 0 unspecified atom stereocenters. The summed E-state index contributed by atoms with van der Waals surface area (Å²) in [5.41, 5.74) is 5.51. The van der Waals surface area contributed by atoms with E-state index in [9.17, 15) is 31.9 Å². The molecule has 0 bridgehead atoms. The summed E-state index contributed by atoms with van der Waals surface area (Å²) in [6.07, 6.45) is -0.476. The fourth-order valence-corrected chi connectivity index (χ4v) is 3.96. The Morgan fingerprint density at radius 2 is 1.74 bits per heavy atom. The fourth-order valence-electron chi connectivity index (χ4n) is 2.92. The number of thiophene rings is 1. The largest absolute Gasteiger partial charge is 0.479 e. The Labute approximate surface area is 199 Å². The fraction of sp³-hybridized carbons (Fsp3) is 0.227. The summed E-state index contributed by atoms with van der Waals surface area (Å²) in [7, 11) is 0. The van der Waals surface area contributed by atoms with Crippen LogP contribution >= 0.6 is 11.3 Å². The predicted octanol–water partition coefficient (Wildman–Crippen LogP) is 4.70. The van der Waals surface area contributed by atoms with Crippen LogP contribution < -0.4 is 15.8 Å². The van der Waals surface area contributed by atoms with Crippen LogP contribution in [0, 0.1) is 30.2 Å². The molecule has 0 aliphatic carbocycles. The number of esters is 1. The molecule has 3 aromatic rings. The van der Waals surface area contributed by atoms with Crippen molar-refractivity contribution in [1.29, 1.82) is 0 Å². The van der Waals surface area contributed by atoms with Gasteiger partial charge in [0.25, 0.3) is 11.8 Å². The molecule has 3 rings (SSSR count). The molecule has 0 radical (unpaired) electrons. The number of benzene rings is 1. The highest BCUT2D eigenvalue weighted by Crippen LogP contribution is 2.34. The second-order valence-corrected chi connectivity index (χ2v) is 8.41. The molecular weight excluding hydrogens is 496 g/mol. The first-order valence-corrected chi connectivity index (χ1v) is 10.7. The molecule has 0 spiro atoms. The van der Waals surface area contributed by atoms with Gasteiger partial charge in [-0.2, -0.15) is 8.78 Å². The first kappa shape index (κ1) is 25.7. The van der Waals surface area contributed by atoms with Crippen molar-refractivity contribution < 1.29 is 45.8 Å². The van der Waals surface area contributed by atoms with Crippen LogP contribution in [0.1, 0.15) is 55.8 Å². The smallest absolute Gasteiger partial charge is 0.341 e. The van der Waals surface area contributed by atoms with Crippen LogP contribution in [0.3, 0.4) is 0 Å². The molecule has 2 amide bonds. The van der Waals surface area contributed by atoms with Gasteiger partial charge in [0.1, 0.15) is 17.4 Å². The van der Waals surface area contributed by atoms with Crippen LogP contribution in [-0.2, 0) is 11.3 Å². The van der Waals surface area contributed by atoms with E-state index in [1.807, 2.05) is 0 Å². The molecule has 13 heteroatoms. The summed E-state index contributed by atoms with van der Waals surface area (Å²) in [4.78, 5) is 36.9. The zero-order valence-electron chi connectivity index (χ0n) is 18.5. The van der Waals surface area contributed by atoms with Crippen LogP contribution in [0.5, 0.6) is 5.75 Å². The number of rotatable bonds is 8. The monoisotopic (exact) mass is 514 g/mol. The van der Waals surface area contributed by atoms with Crippen molar-refractivity contribution in [3.63, 3.8) is 0 Å². The number of ether oxygens (including phenoxy) is 2. The number of nitrogens with two attached hydrogens (primary N) is 1. The Balaban J connectivity index is 1.80. The van der Waals surface area contributed by atoms with Gasteiger partial charge in [-0.25, -0.2) is 13.6 Å². The third-order valence-electron chi connectivity index (χ3n) is 4.46. The van der Waals surface area contributed by atoms with Gasteiger partial charge in [-0.15, -0.1) is 11.3 Å². The van der Waals surface area contributed by atoms with Crippen molar-refractivity contribution in [3.05, 3.63) is 69.0 Å². The van der Waals surface area contributed by atoms with Crippen molar-refractivity contribution in [1.82, 2.24) is 0 Å². The number of carbonyl (C=O) groups is 3. The second-order valence-electron chi connectivity index (χ2n) is 7.38. The lowest BCUT2D eigenvalue weighted by Gasteiger charge is -2.10. The maximum atomic E-state index is 13.7. The lowest BCUT2D eigenvalue weighted by atomic mass is 10.1. The van der Waals surface area contributed by atoms with Gasteiger partial charge in [0.2, 0.25) is 11.6 Å². The SMILES string of the molecule is Cc1c(C(N)=O)sc(NC(=O)c2ccc(COc3c(F)c(F)cc(F)c3F)o2)c1C(=O)OC(C)C. The summed E-state index contributed by atoms with van der Waals surface area (Å²) in [5.74, 6) is -10.9. The minimum absolute atomic E-state index is 0.0134. The van der Waals surface area contributed by atoms with Gasteiger partial charge >= 0.3 is 5.97 Å². The third kappa shape index (κ3) is 5.45. The quantitative estimate of drug-likeness (QED) is 0.255. The average molecular weight is 514 g/mol. The van der Waals surface area contributed by atoms with E-state index in [0.29, 0.717) is 0 Å². The average Bonchev–Trinajstić information content (AvgIpc) is 3.36. The highest BCUT2D eigenvalue weighted by atomic mass is 32.1. The normalized spacial score (nSPS) is 11.0. The van der Waals surface area contributed by atoms with Gasteiger partial charge in [0, 0.05) is 6.07 Å². The lowest BCUT2D eigenvalue weighted by Crippen LogP contribution is -2.17. The Morgan fingerprint density at radius 1 is 1.11 bits per heavy atom. The molecule has 2 heterocycles. The first-order valence-electron chi connectivity index (χ1n) is 9.90. The topological polar surface area (TPSA) is 121 Å². The third-order valence-corrected chi connectivity index (χ3v) is 5.68. The zero-order chi connectivity index (χ0) is 26.0. The van der Waals surface area contributed by atoms with Crippen LogP contribution in [0.2, 0.25) is 0 Å². The van der Waals surface area contributed by atoms with Gasteiger partial charge in [-0.1, -0.05) is 0 Å². The van der Waals surface area contributed by atoms with E-state index >= 15 is 0 Å². The van der Waals surface area contributed by atoms with E-state index in [4.69, 9.17) is 19.6 Å². The van der Waals surface area contributed by atoms with Crippen molar-refractivity contribution >= 4 is 34.1 Å². The summed E-state index contributed by atoms with van der Waals surface area (Å²) >= 11 is 0.765. The zero-order valence-corrected chi connectivity index (χ0v) is 19.3. The van der Waals surface area contributed by atoms with Crippen LogP contribution in [0.15, 0.2) is 22.6 Å². The van der Waals surface area contributed by atoms with Crippen molar-refractivity contribution in [3.8, 4) is 5.75 Å². The molecule has 0 saturated heterocycles. The number of nitrogens with one attached hydrogen (secondary N) is 1. The second kappa shape index (κ2) is 10.2. The lowest BCUT2D eigenvalue weighted by molar-refractivity contribution is 0.0379. The van der Waals surface area contributed by atoms with E-state index in [1.165, 1.54) is 19.1 Å². The molecule has 0 atom stereocenters. The summed E-state index contributed by atoms with van der Waals surface area (Å²) in [6.45, 7) is 4.05. The number of hydrogen-bond acceptors (Lipinski definition) is 7. The number of furan rings is 1. The van der Waals surface area contributed by atoms with Crippen molar-refractivity contribution in [2.75, 3.05) is 5.32 Å². The summed E-state index contributed by atoms with van der Waals surface area (Å²) in [5, 5.41) is 2.42. The van der Waals surface area contributed by atoms with E-state index in [-0.39, 0.29) is 38.6 Å². The van der Waals surface area contributed by atoms with Crippen molar-refractivity contribution in [2.45, 2.75) is 33.5 Å². The van der Waals surface area contributed by atoms with E-state index < -0.39 is 59.5 Å². The summed E-state index contributed by atoms with van der Waals surface area (Å²) < 4.78 is 69.3. The van der Waals surface area contributed by atoms with Gasteiger partial charge < -0.3 is 24.9 Å². The van der Waals surface area contributed by atoms with Crippen LogP contribution in [0.25, 0.3) is 0 Å². The van der Waals surface area contributed by atoms with Crippen molar-refractivity contribution in [2.24, 2.45) is 5.73 Å². The molecule has 8 nitrogen and oxygen atoms in total. The molecule has 35 heavy (non-hydrogen) atoms. The number of carbonyl (C=O) groups excluding carboxylic acids is 3. The van der Waals surface area contributed by atoms with Gasteiger partial charge in [0.05, 0.1) is 16.5 Å². The Hall–Kier alpha value is -3.87. The Kier molecular flexibility index (Phi) is 7.48. The van der Waals surface area contributed by atoms with Gasteiger partial charge in [0.15, 0.2) is 23.1 Å². The minimum Gasteiger partial charge on any atom is -0.479 e. The molecule has 3 N–H and O–H groups in total. The molecule has 0 saturated carbocycles. The van der Waals surface area contributed by atoms with E-state index in [2.05, 4.69) is 5.32 Å². The number of hydrogen-bond donors (Lipinski definition) is 2. The standard InChI is InChI=1S/C22H18F4N2O6S/c1-8(2)33-22(31)14-9(3)18(19(27)29)35-21(14)28-20(30)13-5-4-10(34-13)7-32-17-15(25)11(23)6-12(24)16(17)26/h4-6,8H,7H2,1-3H3,(H2,27,29)(H,28,30). The van der Waals surface area contributed by atoms with E-state index in [0.717, 1.165) is 11.3 Å². The highest BCUT2D eigenvalue weighted by Gasteiger charge is 2.27. The molecule has 1 aromatic carbocycles. The summed E-state index contributed by atoms with van der Waals surface area (Å²) in [6, 6.07) is 2.45. The predicted molar refractivity (Wildman–Crippen MR) is 115 cm³/mol. The molecule has 0 aliphatic rings. The van der Waals surface area contributed by atoms with Crippen LogP contribution in [0.4, 0.5) is 22.6 Å².